The molecule has 1 aromatic carbocycles. The van der Waals surface area contributed by atoms with Gasteiger partial charge in [0.2, 0.25) is 0 Å². The van der Waals surface area contributed by atoms with Crippen LogP contribution in [0, 0.1) is 0 Å². The van der Waals surface area contributed by atoms with Crippen molar-refractivity contribution >= 4 is 28.7 Å². The molecule has 2 rings (SSSR count). The summed E-state index contributed by atoms with van der Waals surface area (Å²) < 4.78 is 19.2. The van der Waals surface area contributed by atoms with Crippen molar-refractivity contribution in [2.75, 3.05) is 6.61 Å². The molecule has 1 aliphatic rings. The minimum absolute atomic E-state index is 0.246. The van der Waals surface area contributed by atoms with Gasteiger partial charge in [-0.15, -0.1) is 6.58 Å². The van der Waals surface area contributed by atoms with E-state index in [0.717, 1.165) is 31.3 Å². The molecule has 186 valence electrons. The van der Waals surface area contributed by atoms with Gasteiger partial charge in [-0.2, -0.15) is 0 Å². The normalized spacial score (nSPS) is 19.5. The van der Waals surface area contributed by atoms with E-state index >= 15 is 0 Å². The molecule has 0 radical (unpaired) electrons. The molecule has 1 aliphatic heterocycles. The molecule has 3 nitrogen and oxygen atoms in total. The molecule has 1 saturated heterocycles. The molecule has 6 heteroatoms. The Balaban J connectivity index is 2.14. The number of rotatable bonds is 10. The van der Waals surface area contributed by atoms with Gasteiger partial charge in [0.25, 0.3) is 0 Å². The number of hydrogen-bond donors (Lipinski definition) is 0. The van der Waals surface area contributed by atoms with Crippen LogP contribution in [0.25, 0.3) is 0 Å². The lowest BCUT2D eigenvalue weighted by molar-refractivity contribution is 0.00578. The first-order chi connectivity index (χ1) is 14.9. The van der Waals surface area contributed by atoms with Gasteiger partial charge < -0.3 is 13.7 Å². The van der Waals surface area contributed by atoms with Gasteiger partial charge in [-0.05, 0) is 69.7 Å². The first kappa shape index (κ1) is 28.6. The highest BCUT2D eigenvalue weighted by Crippen LogP contribution is 2.42. The van der Waals surface area contributed by atoms with Gasteiger partial charge in [-0.3, -0.25) is 0 Å². The molecule has 0 spiro atoms. The van der Waals surface area contributed by atoms with E-state index in [4.69, 9.17) is 13.7 Å². The Kier molecular flexibility index (Phi) is 8.78. The third-order valence-corrected chi connectivity index (χ3v) is 17.5. The first-order valence-corrected chi connectivity index (χ1v) is 18.6. The van der Waals surface area contributed by atoms with Crippen LogP contribution in [0.1, 0.15) is 67.7 Å². The second-order valence-corrected chi connectivity index (χ2v) is 22.6. The molecular formula is C27H49BO3Si2. The summed E-state index contributed by atoms with van der Waals surface area (Å²) in [6.07, 6.45) is 3.16. The van der Waals surface area contributed by atoms with Crippen LogP contribution in [0.3, 0.4) is 0 Å². The Hall–Kier alpha value is -0.661. The van der Waals surface area contributed by atoms with Crippen LogP contribution in [-0.2, 0) is 13.7 Å². The summed E-state index contributed by atoms with van der Waals surface area (Å²) in [6.45, 7) is 30.3. The fraction of sp³-hybridized carbons (Fsp3) is 0.704. The molecule has 1 aromatic rings. The van der Waals surface area contributed by atoms with E-state index in [2.05, 4.69) is 112 Å². The Labute approximate surface area is 207 Å². The zero-order valence-electron chi connectivity index (χ0n) is 23.3. The fourth-order valence-corrected chi connectivity index (χ4v) is 8.43. The van der Waals surface area contributed by atoms with Crippen LogP contribution in [-0.4, -0.2) is 41.3 Å². The molecule has 0 aliphatic carbocycles. The molecule has 1 fully saturated rings. The Morgan fingerprint density at radius 3 is 2.00 bits per heavy atom. The van der Waals surface area contributed by atoms with Crippen LogP contribution in [0.2, 0.25) is 36.8 Å². The van der Waals surface area contributed by atoms with Gasteiger partial charge in [0, 0.05) is 6.61 Å². The van der Waals surface area contributed by atoms with Gasteiger partial charge in [-0.1, -0.05) is 75.8 Å². The highest BCUT2D eigenvalue weighted by atomic mass is 28.4. The summed E-state index contributed by atoms with van der Waals surface area (Å²) in [5.41, 5.74) is 0.953. The number of allylic oxidation sites excluding steroid dienone is 1. The highest BCUT2D eigenvalue weighted by Gasteiger charge is 2.52. The lowest BCUT2D eigenvalue weighted by atomic mass is 9.76. The fourth-order valence-electron chi connectivity index (χ4n) is 4.12. The third-order valence-electron chi connectivity index (χ3n) is 8.60. The van der Waals surface area contributed by atoms with Crippen LogP contribution >= 0.6 is 0 Å². The van der Waals surface area contributed by atoms with Crippen molar-refractivity contribution in [1.82, 2.24) is 0 Å². The van der Waals surface area contributed by atoms with Gasteiger partial charge in [0.1, 0.15) is 0 Å². The van der Waals surface area contributed by atoms with E-state index < -0.39 is 16.4 Å². The topological polar surface area (TPSA) is 27.7 Å². The predicted octanol–water partition coefficient (Wildman–Crippen LogP) is 7.35. The summed E-state index contributed by atoms with van der Waals surface area (Å²) in [4.78, 5) is 0. The summed E-state index contributed by atoms with van der Waals surface area (Å²) in [5.74, 6) is 0. The summed E-state index contributed by atoms with van der Waals surface area (Å²) in [5, 5.41) is 1.75. The lowest BCUT2D eigenvalue weighted by Crippen LogP contribution is -2.46. The molecule has 1 heterocycles. The molecule has 0 aromatic heterocycles. The van der Waals surface area contributed by atoms with Crippen LogP contribution in [0.15, 0.2) is 42.4 Å². The largest absolute Gasteiger partial charge is 0.489 e. The Morgan fingerprint density at radius 2 is 1.52 bits per heavy atom. The second kappa shape index (κ2) is 10.1. The SMILES string of the molecule is C=C(C[C@H](CCCO[Si](C)(C)C(C)(C)C)[Si](C)(C)c1ccccc1)B1OC(C)(C)C(C)(C)O1. The van der Waals surface area contributed by atoms with E-state index in [1.807, 2.05) is 0 Å². The maximum absolute atomic E-state index is 6.50. The molecular weight excluding hydrogens is 439 g/mol. The molecule has 1 atom stereocenters. The summed E-state index contributed by atoms with van der Waals surface area (Å²) in [6, 6.07) is 11.1. The van der Waals surface area contributed by atoms with Crippen molar-refractivity contribution < 1.29 is 13.7 Å². The van der Waals surface area contributed by atoms with E-state index in [-0.39, 0.29) is 23.4 Å². The zero-order chi connectivity index (χ0) is 25.3. The van der Waals surface area contributed by atoms with Crippen LogP contribution < -0.4 is 5.19 Å². The minimum atomic E-state index is -1.74. The average Bonchev–Trinajstić information content (AvgIpc) is 2.91. The van der Waals surface area contributed by atoms with E-state index in [0.29, 0.717) is 5.54 Å². The van der Waals surface area contributed by atoms with Gasteiger partial charge >= 0.3 is 7.12 Å². The first-order valence-electron chi connectivity index (χ1n) is 12.6. The smallest absolute Gasteiger partial charge is 0.417 e. The molecule has 0 bridgehead atoms. The minimum Gasteiger partial charge on any atom is -0.417 e. The molecule has 0 unspecified atom stereocenters. The third kappa shape index (κ3) is 6.72. The van der Waals surface area contributed by atoms with Crippen molar-refractivity contribution in [3.63, 3.8) is 0 Å². The standard InChI is InChI=1S/C27H49BO3Si2/c1-22(28-30-26(5,6)27(7,8)31-28)21-24(32(9,10)23-17-14-13-15-18-23)19-16-20-29-33(11,12)25(2,3)4/h13-15,17-18,24H,1,16,19-21H2,2-12H3/t24-/m0/s1. The monoisotopic (exact) mass is 488 g/mol. The predicted molar refractivity (Wildman–Crippen MR) is 150 cm³/mol. The van der Waals surface area contributed by atoms with Crippen molar-refractivity contribution in [2.45, 2.75) is 116 Å². The number of hydrogen-bond acceptors (Lipinski definition) is 3. The van der Waals surface area contributed by atoms with E-state index in [9.17, 15) is 0 Å². The Morgan fingerprint density at radius 1 is 1.00 bits per heavy atom. The van der Waals surface area contributed by atoms with Crippen molar-refractivity contribution in [3.8, 4) is 0 Å². The maximum atomic E-state index is 6.50. The Bertz CT molecular complexity index is 781. The van der Waals surface area contributed by atoms with E-state index in [1.54, 1.807) is 0 Å². The average molecular weight is 489 g/mol. The second-order valence-electron chi connectivity index (χ2n) is 13.0. The highest BCUT2D eigenvalue weighted by molar-refractivity contribution is 6.91. The van der Waals surface area contributed by atoms with Crippen LogP contribution in [0.4, 0.5) is 0 Å². The van der Waals surface area contributed by atoms with Gasteiger partial charge in [-0.25, -0.2) is 0 Å². The molecule has 0 saturated carbocycles. The molecule has 0 amide bonds. The number of benzene rings is 1. The maximum Gasteiger partial charge on any atom is 0.489 e. The van der Waals surface area contributed by atoms with Crippen molar-refractivity contribution in [1.29, 1.82) is 0 Å². The zero-order valence-corrected chi connectivity index (χ0v) is 25.3. The van der Waals surface area contributed by atoms with E-state index in [1.165, 1.54) is 5.19 Å². The quantitative estimate of drug-likeness (QED) is 0.254. The molecule has 33 heavy (non-hydrogen) atoms. The summed E-state index contributed by atoms with van der Waals surface area (Å²) in [7, 11) is -3.79. The summed E-state index contributed by atoms with van der Waals surface area (Å²) >= 11 is 0. The van der Waals surface area contributed by atoms with Crippen LogP contribution in [0.5, 0.6) is 0 Å². The van der Waals surface area contributed by atoms with Gasteiger partial charge in [0.15, 0.2) is 8.32 Å². The lowest BCUT2D eigenvalue weighted by Gasteiger charge is -2.37. The molecule has 0 N–H and O–H groups in total. The van der Waals surface area contributed by atoms with Gasteiger partial charge in [0.05, 0.1) is 19.3 Å². The van der Waals surface area contributed by atoms with Crippen molar-refractivity contribution in [3.05, 3.63) is 42.4 Å². The van der Waals surface area contributed by atoms with Crippen molar-refractivity contribution in [2.24, 2.45) is 0 Å².